The monoisotopic (exact) mass is 344 g/mol. The smallest absolute Gasteiger partial charge is 0.272 e. The van der Waals surface area contributed by atoms with Crippen LogP contribution in [0.4, 0.5) is 11.4 Å². The number of carbonyl (C=O) groups excluding carboxylic acids is 1. The molecule has 1 amide bonds. The van der Waals surface area contributed by atoms with Crippen molar-refractivity contribution >= 4 is 23.5 Å². The highest BCUT2D eigenvalue weighted by Gasteiger charge is 2.13. The molecule has 0 heterocycles. The van der Waals surface area contributed by atoms with Crippen LogP contribution in [0.5, 0.6) is 11.5 Å². The number of nitrogens with zero attached hydrogens (tertiary/aromatic N) is 2. The Morgan fingerprint density at radius 1 is 1.20 bits per heavy atom. The van der Waals surface area contributed by atoms with Crippen LogP contribution in [0.2, 0.25) is 0 Å². The molecule has 9 nitrogen and oxygen atoms in total. The Morgan fingerprint density at radius 3 is 2.56 bits per heavy atom. The number of non-ortho nitro benzene ring substituents is 1. The number of amides is 1. The average molecular weight is 344 g/mol. The molecule has 130 valence electrons. The molecule has 25 heavy (non-hydrogen) atoms. The fourth-order valence-electron chi connectivity index (χ4n) is 2.03. The van der Waals surface area contributed by atoms with Crippen LogP contribution in [-0.2, 0) is 0 Å². The second kappa shape index (κ2) is 7.77. The first kappa shape index (κ1) is 17.7. The van der Waals surface area contributed by atoms with Crippen LogP contribution in [0, 0.1) is 10.1 Å². The van der Waals surface area contributed by atoms with E-state index in [4.69, 9.17) is 15.2 Å². The van der Waals surface area contributed by atoms with Crippen LogP contribution in [0.1, 0.15) is 15.9 Å². The first-order valence-electron chi connectivity index (χ1n) is 7.05. The first-order chi connectivity index (χ1) is 11.9. The Balaban J connectivity index is 2.12. The van der Waals surface area contributed by atoms with Gasteiger partial charge in [0.05, 0.1) is 30.9 Å². The summed E-state index contributed by atoms with van der Waals surface area (Å²) in [6, 6.07) is 8.72. The summed E-state index contributed by atoms with van der Waals surface area (Å²) < 4.78 is 10.3. The number of ether oxygens (including phenoxy) is 2. The van der Waals surface area contributed by atoms with Crippen molar-refractivity contribution in [2.75, 3.05) is 20.0 Å². The molecule has 0 unspecified atom stereocenters. The Bertz CT molecular complexity index is 835. The Labute approximate surface area is 143 Å². The summed E-state index contributed by atoms with van der Waals surface area (Å²) in [5.74, 6) is 0.465. The molecule has 0 saturated carbocycles. The van der Waals surface area contributed by atoms with Crippen molar-refractivity contribution in [3.8, 4) is 11.5 Å². The van der Waals surface area contributed by atoms with Crippen molar-refractivity contribution in [2.45, 2.75) is 0 Å². The van der Waals surface area contributed by atoms with Gasteiger partial charge < -0.3 is 15.2 Å². The van der Waals surface area contributed by atoms with E-state index in [-0.39, 0.29) is 16.9 Å². The highest BCUT2D eigenvalue weighted by molar-refractivity contribution is 5.96. The zero-order chi connectivity index (χ0) is 18.4. The van der Waals surface area contributed by atoms with Crippen LogP contribution in [-0.4, -0.2) is 31.3 Å². The molecule has 0 saturated heterocycles. The Kier molecular flexibility index (Phi) is 5.51. The molecule has 9 heteroatoms. The lowest BCUT2D eigenvalue weighted by Gasteiger charge is -2.07. The van der Waals surface area contributed by atoms with Gasteiger partial charge in [0.15, 0.2) is 11.5 Å². The van der Waals surface area contributed by atoms with Crippen molar-refractivity contribution in [3.05, 3.63) is 57.6 Å². The van der Waals surface area contributed by atoms with E-state index in [1.165, 1.54) is 32.6 Å². The molecule has 3 N–H and O–H groups in total. The summed E-state index contributed by atoms with van der Waals surface area (Å²) in [4.78, 5) is 22.2. The average Bonchev–Trinajstić information content (AvgIpc) is 2.60. The summed E-state index contributed by atoms with van der Waals surface area (Å²) in [6.07, 6.45) is 1.40. The normalized spacial score (nSPS) is 10.5. The van der Waals surface area contributed by atoms with Gasteiger partial charge in [-0.05, 0) is 29.8 Å². The summed E-state index contributed by atoms with van der Waals surface area (Å²) in [7, 11) is 3.03. The second-order valence-corrected chi connectivity index (χ2v) is 4.88. The number of methoxy groups -OCH3 is 2. The van der Waals surface area contributed by atoms with Crippen LogP contribution >= 0.6 is 0 Å². The number of benzene rings is 2. The van der Waals surface area contributed by atoms with Gasteiger partial charge in [-0.25, -0.2) is 5.43 Å². The number of anilines is 1. The number of hydrogen-bond donors (Lipinski definition) is 2. The second-order valence-electron chi connectivity index (χ2n) is 4.88. The maximum absolute atomic E-state index is 12.0. The van der Waals surface area contributed by atoms with E-state index in [1.807, 2.05) is 0 Å². The Morgan fingerprint density at radius 2 is 1.92 bits per heavy atom. The SMILES string of the molecule is COc1ccc(/C=N/NC(=O)c2cc(N)cc([N+](=O)[O-])c2)cc1OC. The minimum atomic E-state index is -0.625. The minimum absolute atomic E-state index is 0.0381. The molecular formula is C16H16N4O5. The van der Waals surface area contributed by atoms with Crippen LogP contribution < -0.4 is 20.6 Å². The van der Waals surface area contributed by atoms with Crippen molar-refractivity contribution in [3.63, 3.8) is 0 Å². The lowest BCUT2D eigenvalue weighted by atomic mass is 10.1. The van der Waals surface area contributed by atoms with Gasteiger partial charge in [-0.1, -0.05) is 0 Å². The standard InChI is InChI=1S/C16H16N4O5/c1-24-14-4-3-10(5-15(14)25-2)9-18-19-16(21)11-6-12(17)8-13(7-11)20(22)23/h3-9H,17H2,1-2H3,(H,19,21)/b18-9+. The third-order valence-electron chi connectivity index (χ3n) is 3.20. The predicted octanol–water partition coefficient (Wildman–Crippen LogP) is 1.96. The van der Waals surface area contributed by atoms with Gasteiger partial charge in [-0.2, -0.15) is 5.10 Å². The molecule has 0 spiro atoms. The number of nitro benzene ring substituents is 1. The minimum Gasteiger partial charge on any atom is -0.493 e. The van der Waals surface area contributed by atoms with E-state index in [1.54, 1.807) is 18.2 Å². The van der Waals surface area contributed by atoms with Gasteiger partial charge in [-0.3, -0.25) is 14.9 Å². The number of nitrogens with two attached hydrogens (primary N) is 1. The molecule has 2 rings (SSSR count). The van der Waals surface area contributed by atoms with Crippen LogP contribution in [0.15, 0.2) is 41.5 Å². The third kappa shape index (κ3) is 4.44. The molecule has 0 aliphatic heterocycles. The number of hydrogen-bond acceptors (Lipinski definition) is 7. The molecule has 2 aromatic rings. The third-order valence-corrected chi connectivity index (χ3v) is 3.20. The zero-order valence-electron chi connectivity index (χ0n) is 13.6. The highest BCUT2D eigenvalue weighted by atomic mass is 16.6. The number of rotatable bonds is 6. The van der Waals surface area contributed by atoms with Crippen molar-refractivity contribution < 1.29 is 19.2 Å². The van der Waals surface area contributed by atoms with Gasteiger partial charge in [0.2, 0.25) is 0 Å². The van der Waals surface area contributed by atoms with Gasteiger partial charge in [0.1, 0.15) is 0 Å². The van der Waals surface area contributed by atoms with Crippen molar-refractivity contribution in [1.82, 2.24) is 5.43 Å². The van der Waals surface area contributed by atoms with E-state index in [2.05, 4.69) is 10.5 Å². The fourth-order valence-corrected chi connectivity index (χ4v) is 2.03. The van der Waals surface area contributed by atoms with Crippen LogP contribution in [0.25, 0.3) is 0 Å². The molecule has 0 fully saturated rings. The van der Waals surface area contributed by atoms with E-state index >= 15 is 0 Å². The van der Waals surface area contributed by atoms with Gasteiger partial charge in [0, 0.05) is 17.8 Å². The fraction of sp³-hybridized carbons (Fsp3) is 0.125. The first-order valence-corrected chi connectivity index (χ1v) is 7.05. The Hall–Kier alpha value is -3.62. The molecule has 0 aliphatic carbocycles. The molecule has 2 aromatic carbocycles. The number of nitro groups is 1. The molecule has 0 aliphatic rings. The summed E-state index contributed by atoms with van der Waals surface area (Å²) in [5.41, 5.74) is 8.40. The topological polar surface area (TPSA) is 129 Å². The van der Waals surface area contributed by atoms with Crippen LogP contribution in [0.3, 0.4) is 0 Å². The van der Waals surface area contributed by atoms with Gasteiger partial charge >= 0.3 is 0 Å². The van der Waals surface area contributed by atoms with E-state index in [0.717, 1.165) is 6.07 Å². The van der Waals surface area contributed by atoms with E-state index in [0.29, 0.717) is 17.1 Å². The zero-order valence-corrected chi connectivity index (χ0v) is 13.6. The lowest BCUT2D eigenvalue weighted by Crippen LogP contribution is -2.18. The number of hydrazone groups is 1. The summed E-state index contributed by atoms with van der Waals surface area (Å²) in [6.45, 7) is 0. The molecular weight excluding hydrogens is 328 g/mol. The highest BCUT2D eigenvalue weighted by Crippen LogP contribution is 2.26. The summed E-state index contributed by atoms with van der Waals surface area (Å²) in [5, 5.41) is 14.6. The van der Waals surface area contributed by atoms with Gasteiger partial charge in [0.25, 0.3) is 11.6 Å². The number of nitrogen functional groups attached to an aromatic ring is 1. The predicted molar refractivity (Wildman–Crippen MR) is 92.1 cm³/mol. The van der Waals surface area contributed by atoms with Crippen molar-refractivity contribution in [2.24, 2.45) is 5.10 Å². The van der Waals surface area contributed by atoms with E-state index < -0.39 is 10.8 Å². The largest absolute Gasteiger partial charge is 0.493 e. The van der Waals surface area contributed by atoms with E-state index in [9.17, 15) is 14.9 Å². The molecule has 0 aromatic heterocycles. The molecule has 0 atom stereocenters. The number of nitrogens with one attached hydrogen (secondary N) is 1. The quantitative estimate of drug-likeness (QED) is 0.357. The lowest BCUT2D eigenvalue weighted by molar-refractivity contribution is -0.384. The maximum Gasteiger partial charge on any atom is 0.272 e. The summed E-state index contributed by atoms with van der Waals surface area (Å²) >= 11 is 0. The van der Waals surface area contributed by atoms with Crippen molar-refractivity contribution in [1.29, 1.82) is 0 Å². The van der Waals surface area contributed by atoms with Gasteiger partial charge in [-0.15, -0.1) is 0 Å². The molecule has 0 bridgehead atoms. The number of carbonyl (C=O) groups is 1. The maximum atomic E-state index is 12.0. The molecule has 0 radical (unpaired) electrons.